The fourth-order valence-corrected chi connectivity index (χ4v) is 1.59. The van der Waals surface area contributed by atoms with Crippen molar-refractivity contribution in [3.05, 3.63) is 0 Å². The van der Waals surface area contributed by atoms with E-state index >= 15 is 0 Å². The minimum atomic E-state index is -0.691. The molecule has 2 heterocycles. The highest BCUT2D eigenvalue weighted by atomic mass is 16.7. The van der Waals surface area contributed by atoms with E-state index in [1.54, 1.807) is 6.92 Å². The standard InChI is InChI=1S/C7H12O4/c1-3-5(8)4-2-10-7(11-4)6(3)9/h3-9H,2H2,1H3/t3-,4?,5?,6-,7?/m0/s1. The molecule has 5 atom stereocenters. The fraction of sp³-hybridized carbons (Fsp3) is 1.00. The highest BCUT2D eigenvalue weighted by Crippen LogP contribution is 2.31. The summed E-state index contributed by atoms with van der Waals surface area (Å²) in [6, 6.07) is 0. The molecule has 0 aromatic rings. The molecule has 0 saturated carbocycles. The molecule has 11 heavy (non-hydrogen) atoms. The number of ether oxygens (including phenoxy) is 2. The van der Waals surface area contributed by atoms with E-state index in [1.807, 2.05) is 0 Å². The molecule has 0 aliphatic carbocycles. The number of aliphatic hydroxyl groups is 2. The third kappa shape index (κ3) is 0.980. The van der Waals surface area contributed by atoms with Gasteiger partial charge in [0.2, 0.25) is 0 Å². The lowest BCUT2D eigenvalue weighted by molar-refractivity contribution is -0.205. The van der Waals surface area contributed by atoms with Gasteiger partial charge in [0.15, 0.2) is 6.29 Å². The van der Waals surface area contributed by atoms with E-state index < -0.39 is 18.5 Å². The zero-order chi connectivity index (χ0) is 8.01. The average Bonchev–Trinajstić information content (AvgIpc) is 2.44. The van der Waals surface area contributed by atoms with Crippen LogP contribution in [-0.2, 0) is 9.47 Å². The van der Waals surface area contributed by atoms with Gasteiger partial charge in [-0.05, 0) is 0 Å². The predicted octanol–water partition coefficient (Wildman–Crippen LogP) is -0.901. The predicted molar refractivity (Wildman–Crippen MR) is 35.8 cm³/mol. The Morgan fingerprint density at radius 1 is 1.27 bits per heavy atom. The van der Waals surface area contributed by atoms with Crippen LogP contribution in [0.25, 0.3) is 0 Å². The lowest BCUT2D eigenvalue weighted by atomic mass is 9.92. The van der Waals surface area contributed by atoms with Crippen LogP contribution in [-0.4, -0.2) is 41.4 Å². The van der Waals surface area contributed by atoms with Gasteiger partial charge in [-0.1, -0.05) is 6.92 Å². The minimum absolute atomic E-state index is 0.152. The van der Waals surface area contributed by atoms with Crippen LogP contribution in [0.2, 0.25) is 0 Å². The maximum Gasteiger partial charge on any atom is 0.184 e. The number of hydrogen-bond donors (Lipinski definition) is 2. The first kappa shape index (κ1) is 7.49. The first-order valence-electron chi connectivity index (χ1n) is 3.83. The van der Waals surface area contributed by atoms with Gasteiger partial charge in [0.1, 0.15) is 12.2 Å². The van der Waals surface area contributed by atoms with Crippen molar-refractivity contribution in [2.24, 2.45) is 5.92 Å². The molecule has 2 N–H and O–H groups in total. The molecule has 4 heteroatoms. The highest BCUT2D eigenvalue weighted by Gasteiger charge is 2.47. The van der Waals surface area contributed by atoms with Crippen LogP contribution in [0.5, 0.6) is 0 Å². The Hall–Kier alpha value is -0.160. The summed E-state index contributed by atoms with van der Waals surface area (Å²) in [6.45, 7) is 2.19. The van der Waals surface area contributed by atoms with Crippen molar-refractivity contribution in [3.63, 3.8) is 0 Å². The van der Waals surface area contributed by atoms with Crippen molar-refractivity contribution in [2.75, 3.05) is 6.61 Å². The van der Waals surface area contributed by atoms with Gasteiger partial charge in [0, 0.05) is 5.92 Å². The van der Waals surface area contributed by atoms with Gasteiger partial charge in [0.25, 0.3) is 0 Å². The molecule has 2 bridgehead atoms. The molecule has 64 valence electrons. The molecule has 2 aliphatic heterocycles. The summed E-state index contributed by atoms with van der Waals surface area (Å²) in [7, 11) is 0. The summed E-state index contributed by atoms with van der Waals surface area (Å²) in [5.74, 6) is -0.152. The van der Waals surface area contributed by atoms with Crippen LogP contribution >= 0.6 is 0 Å². The highest BCUT2D eigenvalue weighted by molar-refractivity contribution is 4.90. The summed E-state index contributed by atoms with van der Waals surface area (Å²) in [4.78, 5) is 0. The zero-order valence-electron chi connectivity index (χ0n) is 6.30. The molecule has 2 saturated heterocycles. The molecular formula is C7H12O4. The minimum Gasteiger partial charge on any atom is -0.390 e. The maximum absolute atomic E-state index is 9.47. The largest absolute Gasteiger partial charge is 0.390 e. The molecule has 4 nitrogen and oxygen atoms in total. The zero-order valence-corrected chi connectivity index (χ0v) is 6.30. The van der Waals surface area contributed by atoms with Crippen molar-refractivity contribution >= 4 is 0 Å². The van der Waals surface area contributed by atoms with Gasteiger partial charge >= 0.3 is 0 Å². The molecule has 2 rings (SSSR count). The number of rotatable bonds is 0. The van der Waals surface area contributed by atoms with E-state index in [9.17, 15) is 10.2 Å². The van der Waals surface area contributed by atoms with Crippen molar-refractivity contribution in [3.8, 4) is 0 Å². The Balaban J connectivity index is 2.16. The summed E-state index contributed by atoms with van der Waals surface area (Å²) >= 11 is 0. The van der Waals surface area contributed by atoms with Crippen LogP contribution in [0, 0.1) is 5.92 Å². The van der Waals surface area contributed by atoms with Gasteiger partial charge in [0.05, 0.1) is 12.7 Å². The van der Waals surface area contributed by atoms with Crippen LogP contribution in [0.1, 0.15) is 6.92 Å². The van der Waals surface area contributed by atoms with E-state index in [1.165, 1.54) is 0 Å². The van der Waals surface area contributed by atoms with Gasteiger partial charge in [-0.15, -0.1) is 0 Å². The first-order chi connectivity index (χ1) is 5.20. The molecule has 0 spiro atoms. The lowest BCUT2D eigenvalue weighted by Gasteiger charge is -2.33. The van der Waals surface area contributed by atoms with Crippen molar-refractivity contribution < 1.29 is 19.7 Å². The van der Waals surface area contributed by atoms with Gasteiger partial charge in [-0.25, -0.2) is 0 Å². The van der Waals surface area contributed by atoms with E-state index in [0.717, 1.165) is 0 Å². The van der Waals surface area contributed by atoms with E-state index in [4.69, 9.17) is 9.47 Å². The number of aliphatic hydroxyl groups excluding tert-OH is 2. The molecule has 2 fully saturated rings. The van der Waals surface area contributed by atoms with Crippen LogP contribution in [0.15, 0.2) is 0 Å². The van der Waals surface area contributed by atoms with Crippen LogP contribution < -0.4 is 0 Å². The Kier molecular flexibility index (Phi) is 1.64. The number of hydrogen-bond acceptors (Lipinski definition) is 4. The summed E-state index contributed by atoms with van der Waals surface area (Å²) in [5.41, 5.74) is 0. The first-order valence-corrected chi connectivity index (χ1v) is 3.83. The van der Waals surface area contributed by atoms with E-state index in [2.05, 4.69) is 0 Å². The molecule has 0 radical (unpaired) electrons. The molecule has 3 unspecified atom stereocenters. The quantitative estimate of drug-likeness (QED) is 0.482. The molecule has 0 aromatic carbocycles. The molecule has 2 aliphatic rings. The second-order valence-corrected chi connectivity index (χ2v) is 3.22. The normalized spacial score (nSPS) is 56.5. The van der Waals surface area contributed by atoms with Crippen molar-refractivity contribution in [1.82, 2.24) is 0 Å². The molecule has 0 aromatic heterocycles. The van der Waals surface area contributed by atoms with Crippen molar-refractivity contribution in [1.29, 1.82) is 0 Å². The Morgan fingerprint density at radius 3 is 2.73 bits per heavy atom. The smallest absolute Gasteiger partial charge is 0.184 e. The maximum atomic E-state index is 9.47. The van der Waals surface area contributed by atoms with E-state index in [-0.39, 0.29) is 12.0 Å². The van der Waals surface area contributed by atoms with Crippen molar-refractivity contribution in [2.45, 2.75) is 31.5 Å². The summed E-state index contributed by atoms with van der Waals surface area (Å²) in [5, 5.41) is 18.9. The van der Waals surface area contributed by atoms with Gasteiger partial charge in [-0.2, -0.15) is 0 Å². The summed E-state index contributed by atoms with van der Waals surface area (Å²) in [6.07, 6.45) is -2.04. The molecule has 0 amide bonds. The van der Waals surface area contributed by atoms with E-state index in [0.29, 0.717) is 6.61 Å². The fourth-order valence-electron chi connectivity index (χ4n) is 1.59. The monoisotopic (exact) mass is 160 g/mol. The number of fused-ring (bicyclic) bond motifs is 2. The third-order valence-electron chi connectivity index (χ3n) is 2.47. The second-order valence-electron chi connectivity index (χ2n) is 3.22. The Labute approximate surface area is 64.7 Å². The van der Waals surface area contributed by atoms with Gasteiger partial charge < -0.3 is 19.7 Å². The SMILES string of the molecule is C[C@H]1C(O)C2COC(O2)[C@H]1O. The van der Waals surface area contributed by atoms with Crippen LogP contribution in [0.3, 0.4) is 0 Å². The van der Waals surface area contributed by atoms with Crippen LogP contribution in [0.4, 0.5) is 0 Å². The lowest BCUT2D eigenvalue weighted by Crippen LogP contribution is -2.48. The Morgan fingerprint density at radius 2 is 2.00 bits per heavy atom. The molecular weight excluding hydrogens is 148 g/mol. The average molecular weight is 160 g/mol. The van der Waals surface area contributed by atoms with Gasteiger partial charge in [-0.3, -0.25) is 0 Å². The topological polar surface area (TPSA) is 58.9 Å². The third-order valence-corrected chi connectivity index (χ3v) is 2.47. The summed E-state index contributed by atoms with van der Waals surface area (Å²) < 4.78 is 10.3. The second kappa shape index (κ2) is 2.42. The Bertz CT molecular complexity index is 141.